The highest BCUT2D eigenvalue weighted by Gasteiger charge is 2.31. The van der Waals surface area contributed by atoms with Crippen molar-refractivity contribution >= 4 is 5.91 Å². The molecule has 0 spiro atoms. The Hall–Kier alpha value is -0.830. The zero-order valence-corrected chi connectivity index (χ0v) is 22.9. The lowest BCUT2D eigenvalue weighted by Gasteiger charge is -2.37. The van der Waals surface area contributed by atoms with Crippen LogP contribution < -0.4 is 11.1 Å². The molecule has 0 aromatic rings. The quantitative estimate of drug-likeness (QED) is 0.105. The van der Waals surface area contributed by atoms with E-state index in [1.807, 2.05) is 6.08 Å². The Labute approximate surface area is 208 Å². The van der Waals surface area contributed by atoms with Gasteiger partial charge in [-0.25, -0.2) is 0 Å². The third-order valence-electron chi connectivity index (χ3n) is 7.48. The third kappa shape index (κ3) is 18.2. The van der Waals surface area contributed by atoms with E-state index in [-0.39, 0.29) is 11.4 Å². The SMILES string of the molecule is C=CCC(CCCC)C(N)(CC)CCCNC(=O)CCCCCCCCCCCCCCC. The maximum Gasteiger partial charge on any atom is 0.219 e. The smallest absolute Gasteiger partial charge is 0.219 e. The van der Waals surface area contributed by atoms with Crippen molar-refractivity contribution < 1.29 is 4.79 Å². The van der Waals surface area contributed by atoms with E-state index >= 15 is 0 Å². The molecule has 0 saturated carbocycles. The van der Waals surface area contributed by atoms with Crippen molar-refractivity contribution in [3.05, 3.63) is 12.7 Å². The van der Waals surface area contributed by atoms with Crippen LogP contribution in [-0.4, -0.2) is 18.0 Å². The lowest BCUT2D eigenvalue weighted by atomic mass is 9.74. The summed E-state index contributed by atoms with van der Waals surface area (Å²) in [7, 11) is 0. The second-order valence-electron chi connectivity index (χ2n) is 10.4. The van der Waals surface area contributed by atoms with Crippen molar-refractivity contribution in [1.29, 1.82) is 0 Å². The summed E-state index contributed by atoms with van der Waals surface area (Å²) in [5.41, 5.74) is 6.68. The van der Waals surface area contributed by atoms with Gasteiger partial charge >= 0.3 is 0 Å². The molecule has 0 aromatic carbocycles. The van der Waals surface area contributed by atoms with E-state index in [2.05, 4.69) is 32.7 Å². The van der Waals surface area contributed by atoms with Gasteiger partial charge in [0.25, 0.3) is 0 Å². The summed E-state index contributed by atoms with van der Waals surface area (Å²) in [6.45, 7) is 11.4. The Morgan fingerprint density at radius 1 is 0.818 bits per heavy atom. The first-order chi connectivity index (χ1) is 16.0. The molecule has 2 atom stereocenters. The van der Waals surface area contributed by atoms with E-state index < -0.39 is 0 Å². The van der Waals surface area contributed by atoms with Gasteiger partial charge in [-0.1, -0.05) is 117 Å². The van der Waals surface area contributed by atoms with E-state index in [1.54, 1.807) is 0 Å². The fourth-order valence-electron chi connectivity index (χ4n) is 5.00. The summed E-state index contributed by atoms with van der Waals surface area (Å²) in [5.74, 6) is 0.715. The topological polar surface area (TPSA) is 55.1 Å². The summed E-state index contributed by atoms with van der Waals surface area (Å²) in [6.07, 6.45) is 27.7. The number of amides is 1. The number of hydrogen-bond acceptors (Lipinski definition) is 2. The van der Waals surface area contributed by atoms with Gasteiger partial charge in [0.05, 0.1) is 0 Å². The van der Waals surface area contributed by atoms with Gasteiger partial charge in [-0.3, -0.25) is 4.79 Å². The van der Waals surface area contributed by atoms with Crippen LogP contribution in [0.4, 0.5) is 0 Å². The van der Waals surface area contributed by atoms with E-state index in [0.717, 1.165) is 38.6 Å². The lowest BCUT2D eigenvalue weighted by molar-refractivity contribution is -0.121. The van der Waals surface area contributed by atoms with Gasteiger partial charge in [0, 0.05) is 18.5 Å². The molecule has 0 aliphatic heterocycles. The molecule has 0 radical (unpaired) electrons. The second-order valence-corrected chi connectivity index (χ2v) is 10.4. The highest BCUT2D eigenvalue weighted by atomic mass is 16.1. The third-order valence-corrected chi connectivity index (χ3v) is 7.48. The minimum absolute atomic E-state index is 0.136. The summed E-state index contributed by atoms with van der Waals surface area (Å²) in [6, 6.07) is 0. The number of carbonyl (C=O) groups excluding carboxylic acids is 1. The number of carbonyl (C=O) groups is 1. The average molecular weight is 465 g/mol. The Balaban J connectivity index is 3.72. The molecule has 0 heterocycles. The second kappa shape index (κ2) is 22.9. The summed E-state index contributed by atoms with van der Waals surface area (Å²) in [5, 5.41) is 3.12. The molecule has 3 N–H and O–H groups in total. The average Bonchev–Trinajstić information content (AvgIpc) is 2.82. The van der Waals surface area contributed by atoms with Crippen molar-refractivity contribution in [2.75, 3.05) is 6.54 Å². The van der Waals surface area contributed by atoms with Crippen LogP contribution in [0.3, 0.4) is 0 Å². The van der Waals surface area contributed by atoms with Gasteiger partial charge in [-0.15, -0.1) is 6.58 Å². The molecule has 2 unspecified atom stereocenters. The normalized spacial score (nSPS) is 14.1. The standard InChI is InChI=1S/C30H60N2O/c1-5-9-11-12-13-14-15-16-17-18-19-20-21-25-29(33)32-27-22-26-30(31,8-4)28(23-7-3)24-10-6-2/h7,28H,3,5-6,8-27,31H2,1-2,4H3,(H,32,33). The highest BCUT2D eigenvalue weighted by Crippen LogP contribution is 2.31. The Morgan fingerprint density at radius 3 is 1.82 bits per heavy atom. The number of unbranched alkanes of at least 4 members (excludes halogenated alkanes) is 13. The van der Waals surface area contributed by atoms with Crippen molar-refractivity contribution in [1.82, 2.24) is 5.32 Å². The van der Waals surface area contributed by atoms with Gasteiger partial charge in [0.15, 0.2) is 0 Å². The zero-order valence-electron chi connectivity index (χ0n) is 22.9. The van der Waals surface area contributed by atoms with Gasteiger partial charge in [-0.2, -0.15) is 0 Å². The molecule has 0 rings (SSSR count). The largest absolute Gasteiger partial charge is 0.356 e. The monoisotopic (exact) mass is 464 g/mol. The summed E-state index contributed by atoms with van der Waals surface area (Å²) < 4.78 is 0. The molecule has 3 heteroatoms. The Kier molecular flexibility index (Phi) is 22.4. The molecular formula is C30H60N2O. The van der Waals surface area contributed by atoms with Gasteiger partial charge in [0.1, 0.15) is 0 Å². The van der Waals surface area contributed by atoms with Crippen LogP contribution in [0, 0.1) is 5.92 Å². The van der Waals surface area contributed by atoms with Crippen LogP contribution in [0.15, 0.2) is 12.7 Å². The first-order valence-electron chi connectivity index (χ1n) is 14.7. The van der Waals surface area contributed by atoms with E-state index in [4.69, 9.17) is 5.73 Å². The molecule has 0 aromatic heterocycles. The fourth-order valence-corrected chi connectivity index (χ4v) is 5.00. The number of rotatable bonds is 25. The molecule has 1 amide bonds. The molecule has 3 nitrogen and oxygen atoms in total. The van der Waals surface area contributed by atoms with Gasteiger partial charge in [-0.05, 0) is 44.4 Å². The Morgan fingerprint density at radius 2 is 1.33 bits per heavy atom. The zero-order chi connectivity index (χ0) is 24.6. The fraction of sp³-hybridized carbons (Fsp3) is 0.900. The van der Waals surface area contributed by atoms with Gasteiger partial charge in [0.2, 0.25) is 5.91 Å². The van der Waals surface area contributed by atoms with Crippen LogP contribution in [0.1, 0.15) is 156 Å². The van der Waals surface area contributed by atoms with Crippen molar-refractivity contribution in [3.8, 4) is 0 Å². The minimum Gasteiger partial charge on any atom is -0.356 e. The maximum absolute atomic E-state index is 12.2. The Bertz CT molecular complexity index is 451. The van der Waals surface area contributed by atoms with Crippen LogP contribution >= 0.6 is 0 Å². The van der Waals surface area contributed by atoms with Crippen LogP contribution in [0.2, 0.25) is 0 Å². The molecule has 0 saturated heterocycles. The summed E-state index contributed by atoms with van der Waals surface area (Å²) >= 11 is 0. The van der Waals surface area contributed by atoms with E-state index in [9.17, 15) is 4.79 Å². The van der Waals surface area contributed by atoms with Crippen LogP contribution in [0.5, 0.6) is 0 Å². The number of allylic oxidation sites excluding steroid dienone is 1. The number of nitrogens with one attached hydrogen (secondary N) is 1. The van der Waals surface area contributed by atoms with E-state index in [0.29, 0.717) is 12.3 Å². The number of nitrogens with two attached hydrogens (primary N) is 1. The predicted octanol–water partition coefficient (Wildman–Crippen LogP) is 8.85. The van der Waals surface area contributed by atoms with Crippen LogP contribution in [-0.2, 0) is 4.79 Å². The molecule has 33 heavy (non-hydrogen) atoms. The molecule has 196 valence electrons. The van der Waals surface area contributed by atoms with E-state index in [1.165, 1.54) is 96.3 Å². The van der Waals surface area contributed by atoms with Gasteiger partial charge < -0.3 is 11.1 Å². The maximum atomic E-state index is 12.2. The summed E-state index contributed by atoms with van der Waals surface area (Å²) in [4.78, 5) is 12.2. The lowest BCUT2D eigenvalue weighted by Crippen LogP contribution is -2.47. The van der Waals surface area contributed by atoms with Crippen molar-refractivity contribution in [3.63, 3.8) is 0 Å². The molecular weight excluding hydrogens is 404 g/mol. The number of hydrogen-bond donors (Lipinski definition) is 2. The molecule has 0 aliphatic rings. The predicted molar refractivity (Wildman–Crippen MR) is 148 cm³/mol. The van der Waals surface area contributed by atoms with Crippen molar-refractivity contribution in [2.45, 2.75) is 161 Å². The molecule has 0 fully saturated rings. The highest BCUT2D eigenvalue weighted by molar-refractivity contribution is 5.75. The van der Waals surface area contributed by atoms with Crippen molar-refractivity contribution in [2.24, 2.45) is 11.7 Å². The minimum atomic E-state index is -0.136. The molecule has 0 bridgehead atoms. The first kappa shape index (κ1) is 32.2. The molecule has 0 aliphatic carbocycles. The van der Waals surface area contributed by atoms with Crippen LogP contribution in [0.25, 0.3) is 0 Å². The first-order valence-corrected chi connectivity index (χ1v) is 14.7.